The number of nitrogens with zero attached hydrogens (tertiary/aromatic N) is 3. The zero-order valence-corrected chi connectivity index (χ0v) is 14.1. The number of aromatic nitrogens is 3. The summed E-state index contributed by atoms with van der Waals surface area (Å²) in [4.78, 5) is 19.8. The molecule has 10 heteroatoms. The summed E-state index contributed by atoms with van der Waals surface area (Å²) in [5.41, 5.74) is 3.82. The van der Waals surface area contributed by atoms with Crippen molar-refractivity contribution in [2.45, 2.75) is 6.18 Å². The smallest absolute Gasteiger partial charge is 0.329 e. The van der Waals surface area contributed by atoms with Crippen LogP contribution in [0.5, 0.6) is 0 Å². The Balaban J connectivity index is 1.51. The lowest BCUT2D eigenvalue weighted by Crippen LogP contribution is -2.11. The number of anilines is 1. The van der Waals surface area contributed by atoms with Crippen molar-refractivity contribution in [1.29, 1.82) is 0 Å². The normalized spacial score (nSPS) is 11.7. The van der Waals surface area contributed by atoms with Gasteiger partial charge in [-0.2, -0.15) is 18.2 Å². The third-order valence-corrected chi connectivity index (χ3v) is 4.45. The van der Waals surface area contributed by atoms with E-state index in [0.29, 0.717) is 16.8 Å². The number of amides is 1. The summed E-state index contributed by atoms with van der Waals surface area (Å²) in [7, 11) is 0. The maximum absolute atomic E-state index is 12.5. The van der Waals surface area contributed by atoms with Crippen LogP contribution in [0.4, 0.5) is 18.9 Å². The first-order valence-corrected chi connectivity index (χ1v) is 8.44. The Morgan fingerprint density at radius 1 is 1.11 bits per heavy atom. The fraction of sp³-hybridized carbons (Fsp3) is 0.0588. The van der Waals surface area contributed by atoms with E-state index >= 15 is 0 Å². The lowest BCUT2D eigenvalue weighted by Gasteiger charge is -2.05. The van der Waals surface area contributed by atoms with Crippen LogP contribution in [0, 0.1) is 0 Å². The highest BCUT2D eigenvalue weighted by Crippen LogP contribution is 2.29. The minimum absolute atomic E-state index is 0.204. The van der Waals surface area contributed by atoms with Crippen molar-refractivity contribution in [2.24, 2.45) is 0 Å². The summed E-state index contributed by atoms with van der Waals surface area (Å²) >= 11 is 1.46. The molecule has 2 aromatic carbocycles. The Kier molecular flexibility index (Phi) is 4.11. The lowest BCUT2D eigenvalue weighted by atomic mass is 10.1. The molecule has 0 atom stereocenters. The molecule has 0 aliphatic heterocycles. The minimum Gasteiger partial charge on any atom is -0.329 e. The van der Waals surface area contributed by atoms with Crippen molar-refractivity contribution >= 4 is 33.1 Å². The number of rotatable bonds is 3. The van der Waals surface area contributed by atoms with Gasteiger partial charge in [0.25, 0.3) is 5.91 Å². The number of thiazole rings is 1. The number of fused-ring (bicyclic) bond motifs is 1. The second kappa shape index (κ2) is 6.47. The molecule has 136 valence electrons. The summed E-state index contributed by atoms with van der Waals surface area (Å²) in [6, 6.07) is 11.2. The number of hydrogen-bond acceptors (Lipinski definition) is 6. The Labute approximate surface area is 153 Å². The van der Waals surface area contributed by atoms with Crippen molar-refractivity contribution in [3.05, 3.63) is 59.4 Å². The molecule has 0 fully saturated rings. The molecule has 0 saturated heterocycles. The van der Waals surface area contributed by atoms with Crippen LogP contribution in [-0.4, -0.2) is 21.0 Å². The minimum atomic E-state index is -4.70. The first-order valence-electron chi connectivity index (χ1n) is 7.56. The molecule has 0 saturated carbocycles. The predicted octanol–water partition coefficient (Wildman–Crippen LogP) is 4.62. The predicted molar refractivity (Wildman–Crippen MR) is 92.3 cm³/mol. The highest BCUT2D eigenvalue weighted by atomic mass is 32.1. The van der Waals surface area contributed by atoms with E-state index < -0.39 is 12.1 Å². The number of alkyl halides is 3. The molecule has 4 aromatic rings. The van der Waals surface area contributed by atoms with Gasteiger partial charge < -0.3 is 9.84 Å². The van der Waals surface area contributed by atoms with Crippen molar-refractivity contribution in [2.75, 3.05) is 5.32 Å². The summed E-state index contributed by atoms with van der Waals surface area (Å²) in [6.07, 6.45) is -4.70. The number of benzene rings is 2. The molecular weight excluding hydrogens is 381 g/mol. The molecule has 6 nitrogen and oxygen atoms in total. The van der Waals surface area contributed by atoms with Gasteiger partial charge in [-0.05, 0) is 30.3 Å². The summed E-state index contributed by atoms with van der Waals surface area (Å²) in [5.74, 6) is -1.97. The third-order valence-electron chi connectivity index (χ3n) is 3.66. The fourth-order valence-corrected chi connectivity index (χ4v) is 3.08. The van der Waals surface area contributed by atoms with Crippen LogP contribution >= 0.6 is 11.3 Å². The number of carbonyl (C=O) groups excluding carboxylic acids is 1. The second-order valence-electron chi connectivity index (χ2n) is 5.49. The zero-order valence-electron chi connectivity index (χ0n) is 13.3. The van der Waals surface area contributed by atoms with Crippen LogP contribution in [0.3, 0.4) is 0 Å². The standard InChI is InChI=1S/C17H9F3N4O2S/c18-17(19,20)16-23-14(24-26-16)9-1-3-10(4-2-9)15(25)22-11-5-6-12-13(7-11)27-8-21-12/h1-8H,(H,22,25). The van der Waals surface area contributed by atoms with Gasteiger partial charge in [0.2, 0.25) is 5.82 Å². The Hall–Kier alpha value is -3.27. The Morgan fingerprint density at radius 2 is 1.89 bits per heavy atom. The van der Waals surface area contributed by atoms with Gasteiger partial charge in [-0.3, -0.25) is 4.79 Å². The van der Waals surface area contributed by atoms with Gasteiger partial charge in [0.15, 0.2) is 0 Å². The molecule has 2 aromatic heterocycles. The van der Waals surface area contributed by atoms with E-state index in [1.54, 1.807) is 17.6 Å². The third kappa shape index (κ3) is 3.51. The number of nitrogens with one attached hydrogen (secondary N) is 1. The van der Waals surface area contributed by atoms with Crippen molar-refractivity contribution in [3.8, 4) is 11.4 Å². The Bertz CT molecular complexity index is 1120. The highest BCUT2D eigenvalue weighted by molar-refractivity contribution is 7.16. The lowest BCUT2D eigenvalue weighted by molar-refractivity contribution is -0.159. The van der Waals surface area contributed by atoms with Crippen LogP contribution in [0.2, 0.25) is 0 Å². The van der Waals surface area contributed by atoms with Crippen LogP contribution in [0.25, 0.3) is 21.6 Å². The number of halogens is 3. The maximum atomic E-state index is 12.5. The van der Waals surface area contributed by atoms with Crippen LogP contribution in [0.1, 0.15) is 16.2 Å². The molecular formula is C17H9F3N4O2S. The molecule has 2 heterocycles. The van der Waals surface area contributed by atoms with E-state index in [1.165, 1.54) is 35.6 Å². The summed E-state index contributed by atoms with van der Waals surface area (Å²) < 4.78 is 42.7. The maximum Gasteiger partial charge on any atom is 0.471 e. The largest absolute Gasteiger partial charge is 0.471 e. The molecule has 1 N–H and O–H groups in total. The van der Waals surface area contributed by atoms with E-state index in [9.17, 15) is 18.0 Å². The summed E-state index contributed by atoms with van der Waals surface area (Å²) in [6.45, 7) is 0. The average Bonchev–Trinajstić information content (AvgIpc) is 3.30. The second-order valence-corrected chi connectivity index (χ2v) is 6.37. The van der Waals surface area contributed by atoms with Gasteiger partial charge in [-0.25, -0.2) is 4.98 Å². The van der Waals surface area contributed by atoms with Crippen LogP contribution < -0.4 is 5.32 Å². The quantitative estimate of drug-likeness (QED) is 0.552. The molecule has 0 aliphatic carbocycles. The van der Waals surface area contributed by atoms with Gasteiger partial charge >= 0.3 is 12.1 Å². The van der Waals surface area contributed by atoms with Gasteiger partial charge in [0.05, 0.1) is 15.7 Å². The number of carbonyl (C=O) groups is 1. The van der Waals surface area contributed by atoms with Gasteiger partial charge in [-0.15, -0.1) is 11.3 Å². The fourth-order valence-electron chi connectivity index (χ4n) is 2.36. The van der Waals surface area contributed by atoms with E-state index in [4.69, 9.17) is 0 Å². The van der Waals surface area contributed by atoms with Crippen molar-refractivity contribution in [3.63, 3.8) is 0 Å². The molecule has 4 rings (SSSR count). The van der Waals surface area contributed by atoms with Crippen LogP contribution in [-0.2, 0) is 6.18 Å². The first kappa shape index (κ1) is 17.2. The van der Waals surface area contributed by atoms with Crippen LogP contribution in [0.15, 0.2) is 52.5 Å². The van der Waals surface area contributed by atoms with E-state index in [-0.39, 0.29) is 11.7 Å². The first-order chi connectivity index (χ1) is 12.9. The molecule has 27 heavy (non-hydrogen) atoms. The molecule has 0 bridgehead atoms. The van der Waals surface area contributed by atoms with E-state index in [0.717, 1.165) is 10.2 Å². The van der Waals surface area contributed by atoms with Crippen molar-refractivity contribution in [1.82, 2.24) is 15.1 Å². The zero-order chi connectivity index (χ0) is 19.0. The molecule has 1 amide bonds. The number of hydrogen-bond donors (Lipinski definition) is 1. The highest BCUT2D eigenvalue weighted by Gasteiger charge is 2.38. The SMILES string of the molecule is O=C(Nc1ccc2ncsc2c1)c1ccc(-c2noc(C(F)(F)F)n2)cc1. The molecule has 0 spiro atoms. The molecule has 0 unspecified atom stereocenters. The van der Waals surface area contributed by atoms with E-state index in [1.807, 2.05) is 6.07 Å². The average molecular weight is 390 g/mol. The van der Waals surface area contributed by atoms with E-state index in [2.05, 4.69) is 25.0 Å². The van der Waals surface area contributed by atoms with Gasteiger partial charge in [-0.1, -0.05) is 17.3 Å². The van der Waals surface area contributed by atoms with Gasteiger partial charge in [0.1, 0.15) is 0 Å². The van der Waals surface area contributed by atoms with Crippen molar-refractivity contribution < 1.29 is 22.5 Å². The Morgan fingerprint density at radius 3 is 2.59 bits per heavy atom. The molecule has 0 radical (unpaired) electrons. The molecule has 0 aliphatic rings. The van der Waals surface area contributed by atoms with Gasteiger partial charge in [0, 0.05) is 16.8 Å². The topological polar surface area (TPSA) is 80.9 Å². The summed E-state index contributed by atoms with van der Waals surface area (Å²) in [5, 5.41) is 6.07. The monoisotopic (exact) mass is 390 g/mol.